The van der Waals surface area contributed by atoms with Crippen molar-refractivity contribution in [3.63, 3.8) is 0 Å². The van der Waals surface area contributed by atoms with Gasteiger partial charge < -0.3 is 10.2 Å². The van der Waals surface area contributed by atoms with Crippen LogP contribution in [-0.4, -0.2) is 21.6 Å². The van der Waals surface area contributed by atoms with E-state index in [1.807, 2.05) is 26.0 Å². The smallest absolute Gasteiger partial charge is 0.115 e. The topological polar surface area (TPSA) is 40.5 Å². The van der Waals surface area contributed by atoms with Crippen LogP contribution in [0.15, 0.2) is 29.2 Å². The summed E-state index contributed by atoms with van der Waals surface area (Å²) in [7, 11) is 0. The van der Waals surface area contributed by atoms with E-state index in [0.29, 0.717) is 5.75 Å². The van der Waals surface area contributed by atoms with E-state index >= 15 is 0 Å². The monoisotopic (exact) mass is 212 g/mol. The predicted molar refractivity (Wildman–Crippen MR) is 59.7 cm³/mol. The minimum Gasteiger partial charge on any atom is -0.508 e. The first-order chi connectivity index (χ1) is 6.53. The van der Waals surface area contributed by atoms with Crippen molar-refractivity contribution in [1.29, 1.82) is 0 Å². The number of benzene rings is 1. The first kappa shape index (κ1) is 11.4. The van der Waals surface area contributed by atoms with E-state index in [2.05, 4.69) is 0 Å². The van der Waals surface area contributed by atoms with Crippen molar-refractivity contribution in [2.45, 2.75) is 30.8 Å². The third-order valence-electron chi connectivity index (χ3n) is 2.15. The molecule has 1 unspecified atom stereocenters. The van der Waals surface area contributed by atoms with Crippen molar-refractivity contribution in [2.24, 2.45) is 0 Å². The average molecular weight is 212 g/mol. The molecular formula is C11H16O2S. The standard InChI is InChI=1S/C11H16O2S/c1-3-11(2,13)8-14-10-6-4-9(12)5-7-10/h4-7,12-13H,3,8H2,1-2H3. The van der Waals surface area contributed by atoms with Crippen LogP contribution in [0.1, 0.15) is 20.3 Å². The highest BCUT2D eigenvalue weighted by atomic mass is 32.2. The van der Waals surface area contributed by atoms with Gasteiger partial charge in [0.15, 0.2) is 0 Å². The molecule has 0 bridgehead atoms. The highest BCUT2D eigenvalue weighted by molar-refractivity contribution is 7.99. The zero-order valence-electron chi connectivity index (χ0n) is 8.53. The maximum Gasteiger partial charge on any atom is 0.115 e. The summed E-state index contributed by atoms with van der Waals surface area (Å²) in [5.74, 6) is 0.950. The quantitative estimate of drug-likeness (QED) is 0.754. The molecule has 0 saturated heterocycles. The highest BCUT2D eigenvalue weighted by Crippen LogP contribution is 2.25. The van der Waals surface area contributed by atoms with Crippen LogP contribution in [0.25, 0.3) is 0 Å². The SMILES string of the molecule is CCC(C)(O)CSc1ccc(O)cc1. The van der Waals surface area contributed by atoms with Crippen molar-refractivity contribution in [2.75, 3.05) is 5.75 Å². The Labute approximate surface area is 89.0 Å². The van der Waals surface area contributed by atoms with Gasteiger partial charge in [-0.05, 0) is 37.6 Å². The average Bonchev–Trinajstić information content (AvgIpc) is 2.17. The minimum absolute atomic E-state index is 0.275. The summed E-state index contributed by atoms with van der Waals surface area (Å²) >= 11 is 1.60. The lowest BCUT2D eigenvalue weighted by molar-refractivity contribution is 0.0816. The summed E-state index contributed by atoms with van der Waals surface area (Å²) in [5.41, 5.74) is -0.609. The van der Waals surface area contributed by atoms with Crippen LogP contribution in [0.2, 0.25) is 0 Å². The number of thioether (sulfide) groups is 1. The van der Waals surface area contributed by atoms with Crippen LogP contribution < -0.4 is 0 Å². The van der Waals surface area contributed by atoms with Gasteiger partial charge in [-0.15, -0.1) is 11.8 Å². The van der Waals surface area contributed by atoms with E-state index in [1.54, 1.807) is 23.9 Å². The Balaban J connectivity index is 2.50. The van der Waals surface area contributed by atoms with Gasteiger partial charge in [0.2, 0.25) is 0 Å². The Kier molecular flexibility index (Phi) is 3.84. The van der Waals surface area contributed by atoms with Crippen molar-refractivity contribution >= 4 is 11.8 Å². The number of hydrogen-bond donors (Lipinski definition) is 2. The molecule has 0 amide bonds. The molecule has 0 aliphatic carbocycles. The zero-order chi connectivity index (χ0) is 10.6. The number of aromatic hydroxyl groups is 1. The number of hydrogen-bond acceptors (Lipinski definition) is 3. The van der Waals surface area contributed by atoms with Crippen LogP contribution in [0.5, 0.6) is 5.75 Å². The molecule has 0 aromatic heterocycles. The molecule has 0 fully saturated rings. The summed E-state index contributed by atoms with van der Waals surface area (Å²) in [5, 5.41) is 18.8. The fourth-order valence-electron chi connectivity index (χ4n) is 0.883. The van der Waals surface area contributed by atoms with Crippen LogP contribution in [0.4, 0.5) is 0 Å². The zero-order valence-corrected chi connectivity index (χ0v) is 9.34. The number of phenolic OH excluding ortho intramolecular Hbond substituents is 1. The fourth-order valence-corrected chi connectivity index (χ4v) is 1.89. The van der Waals surface area contributed by atoms with Crippen molar-refractivity contribution in [1.82, 2.24) is 0 Å². The lowest BCUT2D eigenvalue weighted by atomic mass is 10.1. The van der Waals surface area contributed by atoms with E-state index in [4.69, 9.17) is 5.11 Å². The molecule has 0 saturated carbocycles. The molecule has 1 aromatic carbocycles. The number of rotatable bonds is 4. The maximum atomic E-state index is 9.77. The molecule has 2 nitrogen and oxygen atoms in total. The van der Waals surface area contributed by atoms with E-state index in [1.165, 1.54) is 0 Å². The second kappa shape index (κ2) is 4.71. The third kappa shape index (κ3) is 3.60. The molecular weight excluding hydrogens is 196 g/mol. The Morgan fingerprint density at radius 3 is 2.36 bits per heavy atom. The van der Waals surface area contributed by atoms with E-state index in [-0.39, 0.29) is 5.75 Å². The molecule has 1 rings (SSSR count). The van der Waals surface area contributed by atoms with Gasteiger partial charge in [0.1, 0.15) is 5.75 Å². The van der Waals surface area contributed by atoms with Gasteiger partial charge in [-0.1, -0.05) is 6.92 Å². The summed E-state index contributed by atoms with van der Waals surface area (Å²) in [4.78, 5) is 1.07. The second-order valence-corrected chi connectivity index (χ2v) is 4.68. The molecule has 78 valence electrons. The lowest BCUT2D eigenvalue weighted by Crippen LogP contribution is -2.25. The van der Waals surface area contributed by atoms with Gasteiger partial charge in [-0.3, -0.25) is 0 Å². The largest absolute Gasteiger partial charge is 0.508 e. The first-order valence-electron chi connectivity index (χ1n) is 4.68. The highest BCUT2D eigenvalue weighted by Gasteiger charge is 2.17. The Morgan fingerprint density at radius 1 is 1.29 bits per heavy atom. The van der Waals surface area contributed by atoms with Crippen LogP contribution in [-0.2, 0) is 0 Å². The summed E-state index contributed by atoms with van der Waals surface area (Å²) in [6.45, 7) is 3.80. The Bertz CT molecular complexity index is 280. The van der Waals surface area contributed by atoms with Gasteiger partial charge >= 0.3 is 0 Å². The van der Waals surface area contributed by atoms with Gasteiger partial charge in [-0.25, -0.2) is 0 Å². The third-order valence-corrected chi connectivity index (χ3v) is 3.52. The predicted octanol–water partition coefficient (Wildman–Crippen LogP) is 2.65. The molecule has 0 aliphatic heterocycles. The minimum atomic E-state index is -0.609. The summed E-state index contributed by atoms with van der Waals surface area (Å²) in [6.07, 6.45) is 0.748. The fraction of sp³-hybridized carbons (Fsp3) is 0.455. The summed E-state index contributed by atoms with van der Waals surface area (Å²) < 4.78 is 0. The Morgan fingerprint density at radius 2 is 1.86 bits per heavy atom. The molecule has 1 atom stereocenters. The maximum absolute atomic E-state index is 9.77. The molecule has 0 heterocycles. The van der Waals surface area contributed by atoms with Crippen molar-refractivity contribution in [3.8, 4) is 5.75 Å². The Hall–Kier alpha value is -0.670. The van der Waals surface area contributed by atoms with E-state index < -0.39 is 5.60 Å². The van der Waals surface area contributed by atoms with Crippen molar-refractivity contribution < 1.29 is 10.2 Å². The molecule has 1 aromatic rings. The summed E-state index contributed by atoms with van der Waals surface area (Å²) in [6, 6.07) is 7.02. The lowest BCUT2D eigenvalue weighted by Gasteiger charge is -2.20. The van der Waals surface area contributed by atoms with Gasteiger partial charge in [0.25, 0.3) is 0 Å². The second-order valence-electron chi connectivity index (χ2n) is 3.63. The van der Waals surface area contributed by atoms with Gasteiger partial charge in [0.05, 0.1) is 5.60 Å². The molecule has 2 N–H and O–H groups in total. The van der Waals surface area contributed by atoms with Crippen molar-refractivity contribution in [3.05, 3.63) is 24.3 Å². The van der Waals surface area contributed by atoms with Gasteiger partial charge in [0, 0.05) is 10.6 Å². The normalized spacial score (nSPS) is 15.1. The van der Waals surface area contributed by atoms with Gasteiger partial charge in [-0.2, -0.15) is 0 Å². The molecule has 0 aliphatic rings. The molecule has 0 spiro atoms. The van der Waals surface area contributed by atoms with Crippen LogP contribution in [0.3, 0.4) is 0 Å². The number of aliphatic hydroxyl groups is 1. The molecule has 14 heavy (non-hydrogen) atoms. The molecule has 3 heteroatoms. The van der Waals surface area contributed by atoms with E-state index in [9.17, 15) is 5.11 Å². The number of phenols is 1. The van der Waals surface area contributed by atoms with Crippen LogP contribution in [0, 0.1) is 0 Å². The van der Waals surface area contributed by atoms with Crippen LogP contribution >= 0.6 is 11.8 Å². The van der Waals surface area contributed by atoms with E-state index in [0.717, 1.165) is 11.3 Å². The first-order valence-corrected chi connectivity index (χ1v) is 5.66. The molecule has 0 radical (unpaired) electrons.